The lowest BCUT2D eigenvalue weighted by Crippen LogP contribution is -2.14. The molecule has 2 rings (SSSR count). The predicted octanol–water partition coefficient (Wildman–Crippen LogP) is 2.35. The van der Waals surface area contributed by atoms with Crippen LogP contribution in [0.1, 0.15) is 24.2 Å². The molecule has 1 heterocycles. The van der Waals surface area contributed by atoms with Crippen LogP contribution in [-0.2, 0) is 10.0 Å². The van der Waals surface area contributed by atoms with E-state index in [-0.39, 0.29) is 10.9 Å². The number of sulfonamides is 1. The number of nitrogens with zero attached hydrogens (tertiary/aromatic N) is 1. The minimum atomic E-state index is -3.75. The minimum Gasteiger partial charge on any atom is -0.377 e. The highest BCUT2D eigenvalue weighted by Crippen LogP contribution is 2.24. The fourth-order valence-corrected chi connectivity index (χ4v) is 2.42. The molecule has 0 spiro atoms. The zero-order chi connectivity index (χ0) is 15.6. The monoisotopic (exact) mass is 309 g/mol. The van der Waals surface area contributed by atoms with E-state index in [1.54, 1.807) is 12.1 Å². The number of aryl methyl sites for hydroxylation is 1. The van der Waals surface area contributed by atoms with Crippen LogP contribution in [0.15, 0.2) is 41.4 Å². The van der Waals surface area contributed by atoms with Crippen molar-refractivity contribution in [2.45, 2.75) is 24.8 Å². The fourth-order valence-electron chi connectivity index (χ4n) is 1.88. The Balaban J connectivity index is 2.28. The highest BCUT2D eigenvalue weighted by molar-refractivity contribution is 7.89. The van der Waals surface area contributed by atoms with Gasteiger partial charge in [0, 0.05) is 5.69 Å². The summed E-state index contributed by atoms with van der Waals surface area (Å²) in [5.41, 5.74) is 2.16. The number of nitrogens with two attached hydrogens (primary N) is 1. The molecule has 1 aromatic heterocycles. The normalized spacial score (nSPS) is 13.0. The molecule has 21 heavy (non-hydrogen) atoms. The molecule has 5 nitrogen and oxygen atoms in total. The third kappa shape index (κ3) is 3.77. The van der Waals surface area contributed by atoms with Crippen molar-refractivity contribution < 1.29 is 12.8 Å². The number of primary sulfonamides is 1. The van der Waals surface area contributed by atoms with Gasteiger partial charge in [-0.1, -0.05) is 6.07 Å². The Labute approximate surface area is 123 Å². The quantitative estimate of drug-likeness (QED) is 0.908. The van der Waals surface area contributed by atoms with E-state index in [0.717, 1.165) is 11.8 Å². The highest BCUT2D eigenvalue weighted by Gasteiger charge is 2.13. The summed E-state index contributed by atoms with van der Waals surface area (Å²) >= 11 is 0. The Hall–Kier alpha value is -1.99. The maximum atomic E-state index is 12.9. The second-order valence-electron chi connectivity index (χ2n) is 4.79. The summed E-state index contributed by atoms with van der Waals surface area (Å²) in [4.78, 5) is 4.03. The van der Waals surface area contributed by atoms with Crippen molar-refractivity contribution in [3.63, 3.8) is 0 Å². The van der Waals surface area contributed by atoms with Crippen molar-refractivity contribution >= 4 is 15.7 Å². The Morgan fingerprint density at radius 1 is 1.29 bits per heavy atom. The van der Waals surface area contributed by atoms with Gasteiger partial charge in [0.1, 0.15) is 5.82 Å². The first-order chi connectivity index (χ1) is 9.77. The molecule has 1 atom stereocenters. The van der Waals surface area contributed by atoms with E-state index in [0.29, 0.717) is 11.4 Å². The Morgan fingerprint density at radius 3 is 2.57 bits per heavy atom. The third-order valence-electron chi connectivity index (χ3n) is 3.10. The average molecular weight is 309 g/mol. The van der Waals surface area contributed by atoms with Crippen molar-refractivity contribution in [2.24, 2.45) is 5.14 Å². The molecule has 7 heteroatoms. The van der Waals surface area contributed by atoms with Crippen LogP contribution in [0, 0.1) is 12.7 Å². The molecule has 112 valence electrons. The number of hydrogen-bond acceptors (Lipinski definition) is 4. The second-order valence-corrected chi connectivity index (χ2v) is 6.35. The molecule has 0 radical (unpaired) electrons. The Kier molecular flexibility index (Phi) is 4.24. The smallest absolute Gasteiger partial charge is 0.238 e. The standard InChI is InChI=1S/C14H16FN3O2S/c1-9-3-5-12(21(16,19)20)7-14(9)18-10(2)13-6-4-11(15)8-17-13/h3-8,10,18H,1-2H3,(H2,16,19,20). The summed E-state index contributed by atoms with van der Waals surface area (Å²) in [6.45, 7) is 3.70. The Bertz CT molecular complexity index is 745. The van der Waals surface area contributed by atoms with E-state index < -0.39 is 15.8 Å². The number of pyridine rings is 1. The van der Waals surface area contributed by atoms with Gasteiger partial charge in [0.25, 0.3) is 0 Å². The van der Waals surface area contributed by atoms with Gasteiger partial charge in [0.05, 0.1) is 22.8 Å². The lowest BCUT2D eigenvalue weighted by molar-refractivity contribution is 0.597. The number of halogens is 1. The summed E-state index contributed by atoms with van der Waals surface area (Å²) in [7, 11) is -3.75. The van der Waals surface area contributed by atoms with E-state index in [1.165, 1.54) is 18.2 Å². The van der Waals surface area contributed by atoms with E-state index in [1.807, 2.05) is 13.8 Å². The van der Waals surface area contributed by atoms with Crippen LogP contribution in [-0.4, -0.2) is 13.4 Å². The molecular formula is C14H16FN3O2S. The number of nitrogens with one attached hydrogen (secondary N) is 1. The largest absolute Gasteiger partial charge is 0.377 e. The van der Waals surface area contributed by atoms with Crippen LogP contribution in [0.3, 0.4) is 0 Å². The zero-order valence-electron chi connectivity index (χ0n) is 11.7. The topological polar surface area (TPSA) is 85.1 Å². The maximum absolute atomic E-state index is 12.9. The molecule has 0 aliphatic carbocycles. The van der Waals surface area contributed by atoms with Crippen molar-refractivity contribution in [3.8, 4) is 0 Å². The number of benzene rings is 1. The van der Waals surface area contributed by atoms with Crippen LogP contribution < -0.4 is 10.5 Å². The number of rotatable bonds is 4. The lowest BCUT2D eigenvalue weighted by atomic mass is 10.1. The Morgan fingerprint density at radius 2 is 2.00 bits per heavy atom. The highest BCUT2D eigenvalue weighted by atomic mass is 32.2. The molecule has 0 aliphatic heterocycles. The first kappa shape index (κ1) is 15.4. The molecule has 0 saturated carbocycles. The van der Waals surface area contributed by atoms with Gasteiger partial charge in [-0.25, -0.2) is 17.9 Å². The molecular weight excluding hydrogens is 293 g/mol. The van der Waals surface area contributed by atoms with E-state index in [4.69, 9.17) is 5.14 Å². The number of aromatic nitrogens is 1. The summed E-state index contributed by atoms with van der Waals surface area (Å²) in [5, 5.41) is 8.28. The van der Waals surface area contributed by atoms with Gasteiger partial charge in [0.15, 0.2) is 0 Å². The predicted molar refractivity (Wildman–Crippen MR) is 78.8 cm³/mol. The molecule has 0 amide bonds. The van der Waals surface area contributed by atoms with Gasteiger partial charge < -0.3 is 5.32 Å². The summed E-state index contributed by atoms with van der Waals surface area (Å²) in [6.07, 6.45) is 1.14. The van der Waals surface area contributed by atoms with Gasteiger partial charge in [-0.15, -0.1) is 0 Å². The molecule has 2 aromatic rings. The average Bonchev–Trinajstić information content (AvgIpc) is 2.40. The minimum absolute atomic E-state index is 0.0369. The maximum Gasteiger partial charge on any atom is 0.238 e. The molecule has 0 fully saturated rings. The molecule has 1 aromatic carbocycles. The first-order valence-electron chi connectivity index (χ1n) is 6.29. The zero-order valence-corrected chi connectivity index (χ0v) is 12.5. The van der Waals surface area contributed by atoms with Gasteiger partial charge in [-0.2, -0.15) is 0 Å². The van der Waals surface area contributed by atoms with Crippen molar-refractivity contribution in [3.05, 3.63) is 53.6 Å². The van der Waals surface area contributed by atoms with Crippen LogP contribution in [0.2, 0.25) is 0 Å². The fraction of sp³-hybridized carbons (Fsp3) is 0.214. The molecule has 3 N–H and O–H groups in total. The van der Waals surface area contributed by atoms with Gasteiger partial charge in [-0.05, 0) is 43.7 Å². The van der Waals surface area contributed by atoms with Crippen molar-refractivity contribution in [2.75, 3.05) is 5.32 Å². The summed E-state index contributed by atoms with van der Waals surface area (Å²) in [5.74, 6) is -0.404. The molecule has 0 bridgehead atoms. The summed E-state index contributed by atoms with van der Waals surface area (Å²) < 4.78 is 35.6. The second kappa shape index (κ2) is 5.79. The van der Waals surface area contributed by atoms with Crippen LogP contribution in [0.4, 0.5) is 10.1 Å². The number of anilines is 1. The van der Waals surface area contributed by atoms with Gasteiger partial charge in [0.2, 0.25) is 10.0 Å². The SMILES string of the molecule is Cc1ccc(S(N)(=O)=O)cc1NC(C)c1ccc(F)cn1. The van der Waals surface area contributed by atoms with Gasteiger partial charge in [-0.3, -0.25) is 4.98 Å². The van der Waals surface area contributed by atoms with Gasteiger partial charge >= 0.3 is 0 Å². The van der Waals surface area contributed by atoms with E-state index in [9.17, 15) is 12.8 Å². The van der Waals surface area contributed by atoms with E-state index in [2.05, 4.69) is 10.3 Å². The third-order valence-corrected chi connectivity index (χ3v) is 4.01. The molecule has 0 aliphatic rings. The van der Waals surface area contributed by atoms with E-state index >= 15 is 0 Å². The van der Waals surface area contributed by atoms with Crippen LogP contribution in [0.5, 0.6) is 0 Å². The number of hydrogen-bond donors (Lipinski definition) is 2. The summed E-state index contributed by atoms with van der Waals surface area (Å²) in [6, 6.07) is 7.30. The van der Waals surface area contributed by atoms with Crippen molar-refractivity contribution in [1.29, 1.82) is 0 Å². The van der Waals surface area contributed by atoms with Crippen LogP contribution >= 0.6 is 0 Å². The van der Waals surface area contributed by atoms with Crippen molar-refractivity contribution in [1.82, 2.24) is 4.98 Å². The molecule has 0 saturated heterocycles. The molecule has 1 unspecified atom stereocenters. The first-order valence-corrected chi connectivity index (χ1v) is 7.83. The lowest BCUT2D eigenvalue weighted by Gasteiger charge is -2.17. The van der Waals surface area contributed by atoms with Crippen LogP contribution in [0.25, 0.3) is 0 Å².